The minimum absolute atomic E-state index is 0.177. The van der Waals surface area contributed by atoms with Gasteiger partial charge in [-0.2, -0.15) is 0 Å². The van der Waals surface area contributed by atoms with E-state index < -0.39 is 0 Å². The number of methoxy groups -OCH3 is 2. The Morgan fingerprint density at radius 3 is 2.58 bits per heavy atom. The molecule has 0 aliphatic heterocycles. The molecule has 0 saturated carbocycles. The summed E-state index contributed by atoms with van der Waals surface area (Å²) in [6.07, 6.45) is 3.57. The number of nitrogens with one attached hydrogen (secondary N) is 1. The van der Waals surface area contributed by atoms with Crippen LogP contribution in [0.4, 0.5) is 5.69 Å². The van der Waals surface area contributed by atoms with Gasteiger partial charge in [-0.15, -0.1) is 0 Å². The Labute approximate surface area is 111 Å². The van der Waals surface area contributed by atoms with Gasteiger partial charge in [0.25, 0.3) is 5.91 Å². The molecule has 0 bridgehead atoms. The number of benzene rings is 1. The average molecular weight is 260 g/mol. The van der Waals surface area contributed by atoms with Gasteiger partial charge in [0.15, 0.2) is 0 Å². The smallest absolute Gasteiger partial charge is 0.257 e. The number of hydrogen-bond donors (Lipinski definition) is 1. The van der Waals surface area contributed by atoms with Crippen molar-refractivity contribution in [3.8, 4) is 11.5 Å². The molecule has 5 heteroatoms. The summed E-state index contributed by atoms with van der Waals surface area (Å²) in [6.45, 7) is 0. The normalized spacial score (nSPS) is 10.1. The lowest BCUT2D eigenvalue weighted by Crippen LogP contribution is -2.12. The minimum Gasteiger partial charge on any atom is -0.497 e. The van der Waals surface area contributed by atoms with E-state index in [2.05, 4.69) is 5.32 Å². The highest BCUT2D eigenvalue weighted by Gasteiger charge is 2.11. The summed E-state index contributed by atoms with van der Waals surface area (Å²) in [7, 11) is 4.99. The largest absolute Gasteiger partial charge is 0.497 e. The maximum atomic E-state index is 12.0. The van der Waals surface area contributed by atoms with Crippen molar-refractivity contribution >= 4 is 11.6 Å². The van der Waals surface area contributed by atoms with Crippen LogP contribution < -0.4 is 14.8 Å². The summed E-state index contributed by atoms with van der Waals surface area (Å²) in [4.78, 5) is 12.0. The lowest BCUT2D eigenvalue weighted by atomic mass is 10.2. The summed E-state index contributed by atoms with van der Waals surface area (Å²) in [5.41, 5.74) is 1.21. The van der Waals surface area contributed by atoms with Gasteiger partial charge < -0.3 is 19.4 Å². The Morgan fingerprint density at radius 1 is 1.21 bits per heavy atom. The molecule has 0 fully saturated rings. The maximum absolute atomic E-state index is 12.0. The highest BCUT2D eigenvalue weighted by atomic mass is 16.5. The number of aryl methyl sites for hydroxylation is 1. The number of ether oxygens (including phenoxy) is 2. The van der Waals surface area contributed by atoms with Crippen molar-refractivity contribution in [3.05, 3.63) is 42.2 Å². The van der Waals surface area contributed by atoms with Gasteiger partial charge in [-0.05, 0) is 18.2 Å². The fourth-order valence-electron chi connectivity index (χ4n) is 1.73. The molecule has 1 heterocycles. The Balaban J connectivity index is 2.21. The molecule has 1 aromatic heterocycles. The van der Waals surface area contributed by atoms with E-state index in [1.807, 2.05) is 17.8 Å². The van der Waals surface area contributed by atoms with Crippen molar-refractivity contribution in [2.75, 3.05) is 19.5 Å². The van der Waals surface area contributed by atoms with E-state index >= 15 is 0 Å². The van der Waals surface area contributed by atoms with Gasteiger partial charge in [0.1, 0.15) is 11.5 Å². The second-order valence-corrected chi connectivity index (χ2v) is 4.09. The first-order valence-electron chi connectivity index (χ1n) is 5.79. The monoisotopic (exact) mass is 260 g/mol. The highest BCUT2D eigenvalue weighted by molar-refractivity contribution is 6.05. The van der Waals surface area contributed by atoms with Crippen LogP contribution in [-0.2, 0) is 7.05 Å². The standard InChI is InChI=1S/C14H16N2O3/c1-16-7-6-10(9-16)14(17)15-12-5-4-11(18-2)8-13(12)19-3/h4-9H,1-3H3,(H,15,17). The number of hydrogen-bond acceptors (Lipinski definition) is 3. The predicted octanol–water partition coefficient (Wildman–Crippen LogP) is 2.29. The molecular formula is C14H16N2O3. The third kappa shape index (κ3) is 2.88. The summed E-state index contributed by atoms with van der Waals surface area (Å²) in [6, 6.07) is 6.99. The molecule has 1 amide bonds. The van der Waals surface area contributed by atoms with Crippen LogP contribution in [0.15, 0.2) is 36.7 Å². The van der Waals surface area contributed by atoms with Crippen molar-refractivity contribution < 1.29 is 14.3 Å². The van der Waals surface area contributed by atoms with Gasteiger partial charge >= 0.3 is 0 Å². The summed E-state index contributed by atoms with van der Waals surface area (Å²) < 4.78 is 12.2. The third-order valence-electron chi connectivity index (χ3n) is 2.75. The Bertz CT molecular complexity index is 590. The van der Waals surface area contributed by atoms with E-state index in [1.165, 1.54) is 0 Å². The lowest BCUT2D eigenvalue weighted by Gasteiger charge is -2.11. The number of rotatable bonds is 4. The molecule has 100 valence electrons. The van der Waals surface area contributed by atoms with E-state index in [4.69, 9.17) is 9.47 Å². The zero-order valence-corrected chi connectivity index (χ0v) is 11.1. The van der Waals surface area contributed by atoms with Gasteiger partial charge in [0, 0.05) is 25.5 Å². The van der Waals surface area contributed by atoms with Crippen LogP contribution in [0.25, 0.3) is 0 Å². The Morgan fingerprint density at radius 2 is 2.00 bits per heavy atom. The molecule has 5 nitrogen and oxygen atoms in total. The van der Waals surface area contributed by atoms with E-state index in [1.54, 1.807) is 44.7 Å². The van der Waals surface area contributed by atoms with E-state index in [-0.39, 0.29) is 5.91 Å². The molecule has 1 aromatic carbocycles. The van der Waals surface area contributed by atoms with Gasteiger partial charge in [-0.25, -0.2) is 0 Å². The molecule has 0 radical (unpaired) electrons. The summed E-state index contributed by atoms with van der Waals surface area (Å²) >= 11 is 0. The second-order valence-electron chi connectivity index (χ2n) is 4.09. The number of anilines is 1. The first kappa shape index (κ1) is 13.0. The SMILES string of the molecule is COc1ccc(NC(=O)c2ccn(C)c2)c(OC)c1. The van der Waals surface area contributed by atoms with Gasteiger partial charge in [0.05, 0.1) is 25.5 Å². The van der Waals surface area contributed by atoms with E-state index in [9.17, 15) is 4.79 Å². The zero-order valence-electron chi connectivity index (χ0n) is 11.1. The molecule has 2 rings (SSSR count). The molecule has 0 saturated heterocycles. The first-order chi connectivity index (χ1) is 9.13. The fourth-order valence-corrected chi connectivity index (χ4v) is 1.73. The second kappa shape index (κ2) is 5.48. The van der Waals surface area contributed by atoms with Crippen LogP contribution in [0.5, 0.6) is 11.5 Å². The van der Waals surface area contributed by atoms with Crippen LogP contribution in [0.2, 0.25) is 0 Å². The van der Waals surface area contributed by atoms with Crippen molar-refractivity contribution in [2.24, 2.45) is 7.05 Å². The zero-order chi connectivity index (χ0) is 13.8. The fraction of sp³-hybridized carbons (Fsp3) is 0.214. The molecule has 0 aliphatic rings. The quantitative estimate of drug-likeness (QED) is 0.917. The Kier molecular flexibility index (Phi) is 3.75. The number of amides is 1. The Hall–Kier alpha value is -2.43. The molecule has 2 aromatic rings. The molecule has 1 N–H and O–H groups in total. The topological polar surface area (TPSA) is 52.5 Å². The van der Waals surface area contributed by atoms with Crippen LogP contribution in [0.3, 0.4) is 0 Å². The predicted molar refractivity (Wildman–Crippen MR) is 72.9 cm³/mol. The van der Waals surface area contributed by atoms with Crippen LogP contribution >= 0.6 is 0 Å². The molecule has 19 heavy (non-hydrogen) atoms. The maximum Gasteiger partial charge on any atom is 0.257 e. The van der Waals surface area contributed by atoms with Crippen molar-refractivity contribution in [1.82, 2.24) is 4.57 Å². The number of carbonyl (C=O) groups is 1. The van der Waals surface area contributed by atoms with Crippen LogP contribution in [-0.4, -0.2) is 24.7 Å². The van der Waals surface area contributed by atoms with Gasteiger partial charge in [-0.1, -0.05) is 0 Å². The van der Waals surface area contributed by atoms with Gasteiger partial charge in [-0.3, -0.25) is 4.79 Å². The van der Waals surface area contributed by atoms with Crippen LogP contribution in [0.1, 0.15) is 10.4 Å². The molecular weight excluding hydrogens is 244 g/mol. The minimum atomic E-state index is -0.177. The molecule has 0 atom stereocenters. The average Bonchev–Trinajstić information content (AvgIpc) is 2.86. The number of carbonyl (C=O) groups excluding carboxylic acids is 1. The molecule has 0 unspecified atom stereocenters. The van der Waals surface area contributed by atoms with E-state index in [0.717, 1.165) is 0 Å². The van der Waals surface area contributed by atoms with Gasteiger partial charge in [0.2, 0.25) is 0 Å². The summed E-state index contributed by atoms with van der Waals surface area (Å²) in [5, 5.41) is 2.81. The number of nitrogens with zero attached hydrogens (tertiary/aromatic N) is 1. The highest BCUT2D eigenvalue weighted by Crippen LogP contribution is 2.29. The van der Waals surface area contributed by atoms with Crippen molar-refractivity contribution in [1.29, 1.82) is 0 Å². The van der Waals surface area contributed by atoms with Crippen molar-refractivity contribution in [3.63, 3.8) is 0 Å². The van der Waals surface area contributed by atoms with Crippen molar-refractivity contribution in [2.45, 2.75) is 0 Å². The van der Waals surface area contributed by atoms with Crippen LogP contribution in [0, 0.1) is 0 Å². The third-order valence-corrected chi connectivity index (χ3v) is 2.75. The number of aromatic nitrogens is 1. The van der Waals surface area contributed by atoms with E-state index in [0.29, 0.717) is 22.7 Å². The molecule has 0 aliphatic carbocycles. The lowest BCUT2D eigenvalue weighted by molar-refractivity contribution is 0.102. The molecule has 0 spiro atoms. The summed E-state index contributed by atoms with van der Waals surface area (Å²) in [5.74, 6) is 1.06. The first-order valence-corrected chi connectivity index (χ1v) is 5.79.